The predicted octanol–water partition coefficient (Wildman–Crippen LogP) is 0.980. The Bertz CT molecular complexity index is 1350. The minimum absolute atomic E-state index is 0.0236. The molecule has 0 bridgehead atoms. The zero-order valence-electron chi connectivity index (χ0n) is 20.6. The molecule has 18 heteroatoms. The number of carboxylic acids is 2. The fraction of sp³-hybridized carbons (Fsp3) is 0.500. The Morgan fingerprint density at radius 1 is 1.23 bits per heavy atom. The molecule has 1 aromatic heterocycles. The van der Waals surface area contributed by atoms with Crippen molar-refractivity contribution in [3.63, 3.8) is 0 Å². The van der Waals surface area contributed by atoms with E-state index in [0.29, 0.717) is 11.3 Å². The van der Waals surface area contributed by atoms with Crippen molar-refractivity contribution >= 4 is 22.0 Å². The standard InChI is InChI=1S/C18H19F5N4O3S.C4H6O5/c1-31(28,29)27-7-9-6-26(8-14(9)25-27)15-5-13(24)16(30-17(15)18(21,22)23)11-4-10(19)2-3-12(11)20;5-2(4(8)9)1-3(6)7/h2-4,7,13,15-17H,5-6,8,24H2,1H3;2,5H,1H2,(H,6,7)(H,8,9)/t13-,15+,16+,17-;/m0./s1. The molecule has 40 heavy (non-hydrogen) atoms. The fourth-order valence-corrected chi connectivity index (χ4v) is 4.92. The van der Waals surface area contributed by atoms with Gasteiger partial charge in [0, 0.05) is 42.5 Å². The van der Waals surface area contributed by atoms with Crippen molar-refractivity contribution in [3.05, 3.63) is 52.9 Å². The van der Waals surface area contributed by atoms with Gasteiger partial charge in [0.1, 0.15) is 17.7 Å². The number of halogens is 5. The number of hydrogen-bond acceptors (Lipinski definition) is 9. The Balaban J connectivity index is 0.000000424. The Hall–Kier alpha value is -3.19. The van der Waals surface area contributed by atoms with Crippen LogP contribution in [0.3, 0.4) is 0 Å². The third-order valence-corrected chi connectivity index (χ3v) is 7.04. The lowest BCUT2D eigenvalue weighted by Gasteiger charge is -2.44. The summed E-state index contributed by atoms with van der Waals surface area (Å²) in [6.45, 7) is 0.00134. The van der Waals surface area contributed by atoms with E-state index >= 15 is 0 Å². The zero-order chi connectivity index (χ0) is 30.2. The molecule has 12 nitrogen and oxygen atoms in total. The minimum atomic E-state index is -4.79. The molecule has 0 saturated carbocycles. The molecule has 5 N–H and O–H groups in total. The Kier molecular flexibility index (Phi) is 9.19. The number of alkyl halides is 3. The highest BCUT2D eigenvalue weighted by atomic mass is 32.2. The number of nitrogens with two attached hydrogens (primary N) is 1. The summed E-state index contributed by atoms with van der Waals surface area (Å²) in [5.41, 5.74) is 6.51. The van der Waals surface area contributed by atoms with Crippen LogP contribution >= 0.6 is 0 Å². The maximum atomic E-state index is 14.2. The van der Waals surface area contributed by atoms with Gasteiger partial charge in [0.15, 0.2) is 12.2 Å². The topological polar surface area (TPSA) is 185 Å². The van der Waals surface area contributed by atoms with Crippen molar-refractivity contribution in [2.75, 3.05) is 6.26 Å². The molecule has 2 aliphatic rings. The predicted molar refractivity (Wildman–Crippen MR) is 124 cm³/mol. The molecule has 1 fully saturated rings. The van der Waals surface area contributed by atoms with E-state index in [1.54, 1.807) is 0 Å². The van der Waals surface area contributed by atoms with Crippen LogP contribution in [-0.2, 0) is 37.4 Å². The highest BCUT2D eigenvalue weighted by molar-refractivity contribution is 7.89. The second kappa shape index (κ2) is 11.7. The van der Waals surface area contributed by atoms with Gasteiger partial charge in [0.25, 0.3) is 10.0 Å². The van der Waals surface area contributed by atoms with Gasteiger partial charge in [0.2, 0.25) is 0 Å². The number of aliphatic carboxylic acids is 2. The van der Waals surface area contributed by atoms with E-state index in [1.807, 2.05) is 0 Å². The average Bonchev–Trinajstić information content (AvgIpc) is 3.39. The number of carboxylic acid groups (broad SMARTS) is 2. The number of carbonyl (C=O) groups is 2. The average molecular weight is 601 g/mol. The van der Waals surface area contributed by atoms with Crippen LogP contribution < -0.4 is 5.73 Å². The molecule has 5 atom stereocenters. The van der Waals surface area contributed by atoms with Crippen LogP contribution in [0.4, 0.5) is 22.0 Å². The molecule has 1 saturated heterocycles. The number of rotatable bonds is 6. The van der Waals surface area contributed by atoms with Crippen LogP contribution in [0, 0.1) is 11.6 Å². The number of aliphatic hydroxyl groups is 1. The SMILES string of the molecule is CS(=O)(=O)n1cc2c(n1)CN([C@@H]1C[C@H](N)[C@@H](c3cc(F)ccc3F)O[C@@H]1C(F)(F)F)C2.O=C(O)CC(O)C(=O)O. The van der Waals surface area contributed by atoms with Gasteiger partial charge in [-0.05, 0) is 24.6 Å². The first kappa shape index (κ1) is 31.3. The van der Waals surface area contributed by atoms with Crippen molar-refractivity contribution < 1.29 is 60.0 Å². The van der Waals surface area contributed by atoms with E-state index in [2.05, 4.69) is 5.10 Å². The summed E-state index contributed by atoms with van der Waals surface area (Å²) < 4.78 is 98.6. The maximum Gasteiger partial charge on any atom is 0.416 e. The van der Waals surface area contributed by atoms with Crippen molar-refractivity contribution in [1.29, 1.82) is 0 Å². The van der Waals surface area contributed by atoms with E-state index in [4.69, 9.17) is 25.8 Å². The number of ether oxygens (including phenoxy) is 1. The first-order chi connectivity index (χ1) is 18.4. The number of nitrogens with zero attached hydrogens (tertiary/aromatic N) is 3. The smallest absolute Gasteiger partial charge is 0.416 e. The van der Waals surface area contributed by atoms with Crippen molar-refractivity contribution in [2.24, 2.45) is 5.73 Å². The van der Waals surface area contributed by atoms with Crippen LogP contribution in [0.2, 0.25) is 0 Å². The zero-order valence-corrected chi connectivity index (χ0v) is 21.4. The first-order valence-electron chi connectivity index (χ1n) is 11.5. The summed E-state index contributed by atoms with van der Waals surface area (Å²) in [6.07, 6.45) is -9.07. The van der Waals surface area contributed by atoms with Crippen LogP contribution in [-0.4, -0.2) is 86.5 Å². The summed E-state index contributed by atoms with van der Waals surface area (Å²) in [4.78, 5) is 20.9. The lowest BCUT2D eigenvalue weighted by molar-refractivity contribution is -0.269. The van der Waals surface area contributed by atoms with Gasteiger partial charge in [-0.3, -0.25) is 9.69 Å². The van der Waals surface area contributed by atoms with Crippen LogP contribution in [0.1, 0.15) is 35.8 Å². The monoisotopic (exact) mass is 600 g/mol. The van der Waals surface area contributed by atoms with E-state index in [-0.39, 0.29) is 25.1 Å². The second-order valence-electron chi connectivity index (χ2n) is 9.25. The molecule has 222 valence electrons. The van der Waals surface area contributed by atoms with Gasteiger partial charge in [-0.15, -0.1) is 0 Å². The molecule has 2 aliphatic heterocycles. The molecule has 0 amide bonds. The number of hydrogen-bond donors (Lipinski definition) is 4. The fourth-order valence-electron chi connectivity index (χ4n) is 4.36. The highest BCUT2D eigenvalue weighted by Gasteiger charge is 2.54. The van der Waals surface area contributed by atoms with E-state index in [1.165, 1.54) is 11.1 Å². The molecule has 2 aromatic rings. The molecule has 3 heterocycles. The Morgan fingerprint density at radius 3 is 2.38 bits per heavy atom. The summed E-state index contributed by atoms with van der Waals surface area (Å²) in [7, 11) is -3.62. The van der Waals surface area contributed by atoms with Gasteiger partial charge in [0.05, 0.1) is 18.4 Å². The molecule has 4 rings (SSSR count). The van der Waals surface area contributed by atoms with Crippen LogP contribution in [0.25, 0.3) is 0 Å². The second-order valence-corrected chi connectivity index (χ2v) is 11.1. The number of aliphatic hydroxyl groups excluding tert-OH is 1. The third kappa shape index (κ3) is 7.30. The molecular weight excluding hydrogens is 575 g/mol. The largest absolute Gasteiger partial charge is 0.481 e. The normalized spacial score (nSPS) is 24.1. The van der Waals surface area contributed by atoms with Gasteiger partial charge in [-0.2, -0.15) is 22.4 Å². The van der Waals surface area contributed by atoms with E-state index < -0.39 is 76.6 Å². The first-order valence-corrected chi connectivity index (χ1v) is 13.3. The number of aromatic nitrogens is 2. The highest BCUT2D eigenvalue weighted by Crippen LogP contribution is 2.42. The van der Waals surface area contributed by atoms with Gasteiger partial charge < -0.3 is 25.8 Å². The van der Waals surface area contributed by atoms with E-state index in [0.717, 1.165) is 28.5 Å². The van der Waals surface area contributed by atoms with Crippen molar-refractivity contribution in [2.45, 2.75) is 62.5 Å². The Morgan fingerprint density at radius 2 is 1.88 bits per heavy atom. The van der Waals surface area contributed by atoms with E-state index in [9.17, 15) is 40.0 Å². The van der Waals surface area contributed by atoms with Crippen molar-refractivity contribution in [3.8, 4) is 0 Å². The Labute approximate surface area is 223 Å². The summed E-state index contributed by atoms with van der Waals surface area (Å²) in [6, 6.07) is 0.226. The lowest BCUT2D eigenvalue weighted by atomic mass is 9.89. The molecule has 1 aromatic carbocycles. The quantitative estimate of drug-likeness (QED) is 0.347. The van der Waals surface area contributed by atoms with Crippen molar-refractivity contribution in [1.82, 2.24) is 14.1 Å². The van der Waals surface area contributed by atoms with Crippen LogP contribution in [0.15, 0.2) is 24.4 Å². The molecule has 0 spiro atoms. The van der Waals surface area contributed by atoms with Gasteiger partial charge in [-0.1, -0.05) is 0 Å². The summed E-state index contributed by atoms with van der Waals surface area (Å²) >= 11 is 0. The number of fused-ring (bicyclic) bond motifs is 1. The lowest BCUT2D eigenvalue weighted by Crippen LogP contribution is -2.58. The molecular formula is C22H25F5N4O8S. The minimum Gasteiger partial charge on any atom is -0.481 e. The molecule has 0 radical (unpaired) electrons. The van der Waals surface area contributed by atoms with Gasteiger partial charge in [-0.25, -0.2) is 22.0 Å². The van der Waals surface area contributed by atoms with Crippen LogP contribution in [0.5, 0.6) is 0 Å². The molecule has 0 aliphatic carbocycles. The number of benzene rings is 1. The molecule has 1 unspecified atom stereocenters. The maximum absolute atomic E-state index is 14.2. The summed E-state index contributed by atoms with van der Waals surface area (Å²) in [5, 5.41) is 28.1. The van der Waals surface area contributed by atoms with Gasteiger partial charge >= 0.3 is 18.1 Å². The third-order valence-electron chi connectivity index (χ3n) is 6.18. The summed E-state index contributed by atoms with van der Waals surface area (Å²) in [5.74, 6) is -4.56.